The van der Waals surface area contributed by atoms with Gasteiger partial charge in [0.1, 0.15) is 0 Å². The van der Waals surface area contributed by atoms with Crippen molar-refractivity contribution in [2.24, 2.45) is 28.9 Å². The number of nitrogens with two attached hydrogens (primary N) is 1. The summed E-state index contributed by atoms with van der Waals surface area (Å²) in [7, 11) is 0. The molecule has 1 fully saturated rings. The lowest BCUT2D eigenvalue weighted by molar-refractivity contribution is -0.133. The van der Waals surface area contributed by atoms with Gasteiger partial charge in [-0.2, -0.15) is 0 Å². The molecule has 0 aromatic heterocycles. The van der Waals surface area contributed by atoms with Gasteiger partial charge in [0.15, 0.2) is 0 Å². The molecule has 146 valence electrons. The Morgan fingerprint density at radius 2 is 2.00 bits per heavy atom. The minimum atomic E-state index is 0.0868. The van der Waals surface area contributed by atoms with Crippen molar-refractivity contribution in [3.63, 3.8) is 0 Å². The van der Waals surface area contributed by atoms with E-state index in [4.69, 9.17) is 5.73 Å². The Hall–Kier alpha value is -1.39. The van der Waals surface area contributed by atoms with Crippen molar-refractivity contribution in [1.29, 1.82) is 0 Å². The van der Waals surface area contributed by atoms with Crippen LogP contribution in [0.2, 0.25) is 0 Å². The molecule has 1 amide bonds. The van der Waals surface area contributed by atoms with Gasteiger partial charge in [0.25, 0.3) is 0 Å². The van der Waals surface area contributed by atoms with Crippen LogP contribution in [-0.4, -0.2) is 25.5 Å². The molecule has 2 rings (SSSR count). The van der Waals surface area contributed by atoms with E-state index in [0.29, 0.717) is 24.9 Å². The highest BCUT2D eigenvalue weighted by Gasteiger charge is 2.44. The van der Waals surface area contributed by atoms with Crippen LogP contribution >= 0.6 is 0 Å². The molecule has 1 aliphatic rings. The van der Waals surface area contributed by atoms with Crippen LogP contribution in [0.15, 0.2) is 30.3 Å². The molecule has 1 saturated carbocycles. The monoisotopic (exact) mass is 359 g/mol. The fraction of sp³-hybridized carbons (Fsp3) is 0.682. The first-order valence-electron chi connectivity index (χ1n) is 10.1. The summed E-state index contributed by atoms with van der Waals surface area (Å²) in [6.07, 6.45) is 3.35. The van der Waals surface area contributed by atoms with Gasteiger partial charge >= 0.3 is 0 Å². The Labute approximate surface area is 159 Å². The first-order valence-corrected chi connectivity index (χ1v) is 10.1. The highest BCUT2D eigenvalue weighted by atomic mass is 16.1. The minimum absolute atomic E-state index is 0.0868. The average molecular weight is 360 g/mol. The lowest BCUT2D eigenvalue weighted by Crippen LogP contribution is -2.48. The second kappa shape index (κ2) is 9.52. The third-order valence-corrected chi connectivity index (χ3v) is 6.46. The first kappa shape index (κ1) is 20.9. The number of rotatable bonds is 8. The van der Waals surface area contributed by atoms with E-state index in [-0.39, 0.29) is 23.3 Å². The number of amides is 1. The van der Waals surface area contributed by atoms with E-state index in [1.165, 1.54) is 12.0 Å². The standard InChI is InChI=1S/C22H37N3O/c1-16(2)22(4)11-10-17(3)14-19(22)21(26)25-15-20(24-13-12-23)18-8-6-5-7-9-18/h5-9,16-17,19-20,24H,10-15,23H2,1-4H3,(H,25,26). The molecule has 0 aliphatic heterocycles. The zero-order valence-corrected chi connectivity index (χ0v) is 16.9. The molecule has 4 atom stereocenters. The van der Waals surface area contributed by atoms with Crippen LogP contribution in [0, 0.1) is 23.2 Å². The van der Waals surface area contributed by atoms with Gasteiger partial charge in [-0.25, -0.2) is 0 Å². The molecule has 1 aromatic carbocycles. The van der Waals surface area contributed by atoms with Gasteiger partial charge < -0.3 is 16.4 Å². The third kappa shape index (κ3) is 5.08. The van der Waals surface area contributed by atoms with Crippen molar-refractivity contribution in [3.05, 3.63) is 35.9 Å². The number of hydrogen-bond acceptors (Lipinski definition) is 3. The van der Waals surface area contributed by atoms with Crippen LogP contribution in [0.1, 0.15) is 58.6 Å². The summed E-state index contributed by atoms with van der Waals surface area (Å²) in [5.74, 6) is 1.43. The zero-order valence-electron chi connectivity index (χ0n) is 16.9. The molecule has 4 heteroatoms. The molecular formula is C22H37N3O. The van der Waals surface area contributed by atoms with Gasteiger partial charge in [-0.05, 0) is 35.7 Å². The lowest BCUT2D eigenvalue weighted by Gasteiger charge is -2.46. The van der Waals surface area contributed by atoms with E-state index >= 15 is 0 Å². The van der Waals surface area contributed by atoms with Gasteiger partial charge in [0.2, 0.25) is 5.91 Å². The van der Waals surface area contributed by atoms with Crippen LogP contribution in [0.3, 0.4) is 0 Å². The molecule has 4 unspecified atom stereocenters. The summed E-state index contributed by atoms with van der Waals surface area (Å²) in [6, 6.07) is 10.4. The van der Waals surface area contributed by atoms with Gasteiger partial charge in [-0.3, -0.25) is 4.79 Å². The average Bonchev–Trinajstić information content (AvgIpc) is 2.64. The smallest absolute Gasteiger partial charge is 0.223 e. The van der Waals surface area contributed by atoms with E-state index in [1.54, 1.807) is 0 Å². The van der Waals surface area contributed by atoms with E-state index < -0.39 is 0 Å². The van der Waals surface area contributed by atoms with Crippen molar-refractivity contribution < 1.29 is 4.79 Å². The van der Waals surface area contributed by atoms with Gasteiger partial charge in [-0.15, -0.1) is 0 Å². The van der Waals surface area contributed by atoms with Gasteiger partial charge in [0, 0.05) is 31.6 Å². The summed E-state index contributed by atoms with van der Waals surface area (Å²) in [6.45, 7) is 11.0. The van der Waals surface area contributed by atoms with Crippen molar-refractivity contribution in [1.82, 2.24) is 10.6 Å². The van der Waals surface area contributed by atoms with Crippen molar-refractivity contribution in [2.75, 3.05) is 19.6 Å². The highest BCUT2D eigenvalue weighted by Crippen LogP contribution is 2.48. The maximum Gasteiger partial charge on any atom is 0.223 e. The predicted octanol–water partition coefficient (Wildman–Crippen LogP) is 3.49. The molecule has 0 bridgehead atoms. The van der Waals surface area contributed by atoms with E-state index in [2.05, 4.69) is 50.5 Å². The molecular weight excluding hydrogens is 322 g/mol. The number of nitrogens with one attached hydrogen (secondary N) is 2. The van der Waals surface area contributed by atoms with Crippen LogP contribution in [-0.2, 0) is 4.79 Å². The molecule has 0 radical (unpaired) electrons. The Morgan fingerprint density at radius 1 is 1.31 bits per heavy atom. The molecule has 1 aromatic rings. The quantitative estimate of drug-likeness (QED) is 0.665. The van der Waals surface area contributed by atoms with Gasteiger partial charge in [-0.1, -0.05) is 64.4 Å². The lowest BCUT2D eigenvalue weighted by atomic mass is 9.59. The van der Waals surface area contributed by atoms with Crippen LogP contribution in [0.5, 0.6) is 0 Å². The maximum atomic E-state index is 13.1. The Balaban J connectivity index is 2.05. The van der Waals surface area contributed by atoms with E-state index in [1.807, 2.05) is 18.2 Å². The molecule has 1 aliphatic carbocycles. The van der Waals surface area contributed by atoms with Crippen LogP contribution in [0.4, 0.5) is 0 Å². The zero-order chi connectivity index (χ0) is 19.2. The van der Waals surface area contributed by atoms with Crippen molar-refractivity contribution >= 4 is 5.91 Å². The minimum Gasteiger partial charge on any atom is -0.354 e. The Morgan fingerprint density at radius 3 is 2.62 bits per heavy atom. The number of carbonyl (C=O) groups is 1. The highest BCUT2D eigenvalue weighted by molar-refractivity contribution is 5.79. The molecule has 0 spiro atoms. The second-order valence-corrected chi connectivity index (χ2v) is 8.54. The fourth-order valence-electron chi connectivity index (χ4n) is 4.20. The molecule has 4 N–H and O–H groups in total. The SMILES string of the molecule is CC1CCC(C)(C(C)C)C(C(=O)NCC(NCCN)c2ccccc2)C1. The predicted molar refractivity (Wildman–Crippen MR) is 109 cm³/mol. The summed E-state index contributed by atoms with van der Waals surface area (Å²) in [4.78, 5) is 13.1. The molecule has 26 heavy (non-hydrogen) atoms. The Kier molecular flexibility index (Phi) is 7.66. The van der Waals surface area contributed by atoms with Crippen LogP contribution < -0.4 is 16.4 Å². The first-order chi connectivity index (χ1) is 12.4. The maximum absolute atomic E-state index is 13.1. The largest absolute Gasteiger partial charge is 0.354 e. The van der Waals surface area contributed by atoms with E-state index in [9.17, 15) is 4.79 Å². The topological polar surface area (TPSA) is 67.2 Å². The van der Waals surface area contributed by atoms with Crippen molar-refractivity contribution in [3.8, 4) is 0 Å². The third-order valence-electron chi connectivity index (χ3n) is 6.46. The number of carbonyl (C=O) groups excluding carboxylic acids is 1. The second-order valence-electron chi connectivity index (χ2n) is 8.54. The molecule has 0 heterocycles. The normalized spacial score (nSPS) is 27.3. The van der Waals surface area contributed by atoms with Crippen LogP contribution in [0.25, 0.3) is 0 Å². The Bertz CT molecular complexity index is 560. The summed E-state index contributed by atoms with van der Waals surface area (Å²) in [5, 5.41) is 6.70. The van der Waals surface area contributed by atoms with Gasteiger partial charge in [0.05, 0.1) is 0 Å². The fourth-order valence-corrected chi connectivity index (χ4v) is 4.20. The molecule has 4 nitrogen and oxygen atoms in total. The number of benzene rings is 1. The van der Waals surface area contributed by atoms with E-state index in [0.717, 1.165) is 19.4 Å². The molecule has 0 saturated heterocycles. The number of hydrogen-bond donors (Lipinski definition) is 3. The summed E-state index contributed by atoms with van der Waals surface area (Å²) >= 11 is 0. The summed E-state index contributed by atoms with van der Waals surface area (Å²) < 4.78 is 0. The van der Waals surface area contributed by atoms with Crippen molar-refractivity contribution in [2.45, 2.75) is 53.0 Å². The summed E-state index contributed by atoms with van der Waals surface area (Å²) in [5.41, 5.74) is 6.93.